The summed E-state index contributed by atoms with van der Waals surface area (Å²) in [5.41, 5.74) is 6.34. The topological polar surface area (TPSA) is 55.2 Å². The quantitative estimate of drug-likeness (QED) is 0.336. The third-order valence-corrected chi connectivity index (χ3v) is 5.10. The molecular weight excluding hydrogens is 386 g/mol. The minimum Gasteiger partial charge on any atom is -0.496 e. The fraction of sp³-hybridized carbons (Fsp3) is 0.385. The molecule has 0 bridgehead atoms. The zero-order valence-electron chi connectivity index (χ0n) is 19.5. The molecule has 0 atom stereocenters. The van der Waals surface area contributed by atoms with Crippen LogP contribution in [0.2, 0.25) is 0 Å². The molecule has 0 unspecified atom stereocenters. The Morgan fingerprint density at radius 1 is 1.32 bits per heavy atom. The lowest BCUT2D eigenvalue weighted by molar-refractivity contribution is 0.161. The number of hydrogen-bond donors (Lipinski definition) is 1. The van der Waals surface area contributed by atoms with Crippen LogP contribution in [0.1, 0.15) is 43.4 Å². The van der Waals surface area contributed by atoms with Gasteiger partial charge in [-0.15, -0.1) is 0 Å². The molecular formula is C26H35N3O2. The highest BCUT2D eigenvalue weighted by Crippen LogP contribution is 2.30. The molecule has 1 aliphatic rings. The third kappa shape index (κ3) is 7.37. The number of methoxy groups -OCH3 is 1. The van der Waals surface area contributed by atoms with Crippen LogP contribution in [0.4, 0.5) is 0 Å². The molecule has 1 N–H and O–H groups in total. The average molecular weight is 422 g/mol. The van der Waals surface area contributed by atoms with E-state index >= 15 is 0 Å². The summed E-state index contributed by atoms with van der Waals surface area (Å²) in [6.07, 6.45) is 11.9. The molecule has 0 aromatic heterocycles. The van der Waals surface area contributed by atoms with Gasteiger partial charge < -0.3 is 14.8 Å². The highest BCUT2D eigenvalue weighted by Gasteiger charge is 2.16. The molecule has 0 aliphatic carbocycles. The van der Waals surface area contributed by atoms with E-state index in [9.17, 15) is 0 Å². The summed E-state index contributed by atoms with van der Waals surface area (Å²) in [4.78, 5) is 9.00. The second kappa shape index (κ2) is 12.7. The smallest absolute Gasteiger partial charge is 0.133 e. The van der Waals surface area contributed by atoms with Crippen molar-refractivity contribution in [1.29, 1.82) is 0 Å². The van der Waals surface area contributed by atoms with E-state index in [0.717, 1.165) is 59.0 Å². The minimum atomic E-state index is 0.484. The van der Waals surface area contributed by atoms with Crippen LogP contribution in [-0.2, 0) is 4.74 Å². The van der Waals surface area contributed by atoms with Crippen molar-refractivity contribution in [3.63, 3.8) is 0 Å². The SMILES string of the molecule is C=C(/C=C\C(C)=NC)CN=C(N/C=C/CC)c1cc(C2=CCOCC2)cc(OC)c1C. The Kier molecular flexibility index (Phi) is 9.98. The molecule has 2 rings (SSSR count). The maximum Gasteiger partial charge on any atom is 0.133 e. The van der Waals surface area contributed by atoms with Crippen molar-refractivity contribution in [2.45, 2.75) is 33.6 Å². The average Bonchev–Trinajstić information content (AvgIpc) is 2.80. The number of nitrogens with one attached hydrogen (secondary N) is 1. The maximum atomic E-state index is 5.69. The summed E-state index contributed by atoms with van der Waals surface area (Å²) in [7, 11) is 3.49. The Bertz CT molecular complexity index is 921. The first kappa shape index (κ1) is 24.4. The van der Waals surface area contributed by atoms with E-state index < -0.39 is 0 Å². The summed E-state index contributed by atoms with van der Waals surface area (Å²) < 4.78 is 11.2. The first-order valence-electron chi connectivity index (χ1n) is 10.7. The van der Waals surface area contributed by atoms with Gasteiger partial charge in [0.1, 0.15) is 11.6 Å². The molecule has 1 aliphatic heterocycles. The van der Waals surface area contributed by atoms with Crippen molar-refractivity contribution in [2.75, 3.05) is 33.9 Å². The first-order chi connectivity index (χ1) is 15.0. The number of rotatable bonds is 9. The number of benzene rings is 1. The van der Waals surface area contributed by atoms with Gasteiger partial charge in [0.15, 0.2) is 0 Å². The van der Waals surface area contributed by atoms with Crippen LogP contribution in [0.3, 0.4) is 0 Å². The van der Waals surface area contributed by atoms with Crippen LogP contribution in [-0.4, -0.2) is 45.5 Å². The Balaban J connectivity index is 2.44. The monoisotopic (exact) mass is 421 g/mol. The van der Waals surface area contributed by atoms with Crippen molar-refractivity contribution in [1.82, 2.24) is 5.32 Å². The summed E-state index contributed by atoms with van der Waals surface area (Å²) in [6.45, 7) is 12.1. The molecule has 166 valence electrons. The van der Waals surface area contributed by atoms with Gasteiger partial charge in [0.25, 0.3) is 0 Å². The standard InChI is InChI=1S/C26H35N3O2/c1-7-8-13-28-26(29-18-19(2)9-10-20(3)27-5)24-16-23(17-25(30-6)21(24)4)22-11-14-31-15-12-22/h8-11,13,16-17H,2,7,12,14-15,18H2,1,3-6H3,(H,28,29)/b10-9-,13-8+,27-20?. The van der Waals surface area contributed by atoms with Gasteiger partial charge in [0.05, 0.1) is 26.9 Å². The maximum absolute atomic E-state index is 5.69. The molecule has 5 heteroatoms. The molecule has 5 nitrogen and oxygen atoms in total. The largest absolute Gasteiger partial charge is 0.496 e. The number of hydrogen-bond acceptors (Lipinski definition) is 4. The molecule has 0 fully saturated rings. The molecule has 1 aromatic carbocycles. The van der Waals surface area contributed by atoms with Crippen molar-refractivity contribution in [3.8, 4) is 5.75 Å². The Labute approximate surface area is 187 Å². The van der Waals surface area contributed by atoms with Crippen LogP contribution in [0.5, 0.6) is 5.75 Å². The zero-order valence-corrected chi connectivity index (χ0v) is 19.5. The van der Waals surface area contributed by atoms with E-state index in [-0.39, 0.29) is 0 Å². The van der Waals surface area contributed by atoms with Crippen molar-refractivity contribution in [2.24, 2.45) is 9.98 Å². The fourth-order valence-corrected chi connectivity index (χ4v) is 3.13. The molecule has 31 heavy (non-hydrogen) atoms. The van der Waals surface area contributed by atoms with E-state index in [1.54, 1.807) is 14.2 Å². The van der Waals surface area contributed by atoms with Crippen molar-refractivity contribution < 1.29 is 9.47 Å². The molecule has 0 saturated carbocycles. The molecule has 0 radical (unpaired) electrons. The lowest BCUT2D eigenvalue weighted by Crippen LogP contribution is -2.21. The minimum absolute atomic E-state index is 0.484. The van der Waals surface area contributed by atoms with Gasteiger partial charge in [-0.1, -0.05) is 31.7 Å². The highest BCUT2D eigenvalue weighted by atomic mass is 16.5. The van der Waals surface area contributed by atoms with Gasteiger partial charge in [-0.3, -0.25) is 9.98 Å². The summed E-state index contributed by atoms with van der Waals surface area (Å²) in [5, 5.41) is 3.37. The van der Waals surface area contributed by atoms with Gasteiger partial charge in [0.2, 0.25) is 0 Å². The van der Waals surface area contributed by atoms with Crippen molar-refractivity contribution >= 4 is 17.1 Å². The van der Waals surface area contributed by atoms with Crippen LogP contribution in [0.25, 0.3) is 5.57 Å². The lowest BCUT2D eigenvalue weighted by atomic mass is 9.95. The summed E-state index contributed by atoms with van der Waals surface area (Å²) >= 11 is 0. The van der Waals surface area contributed by atoms with E-state index in [1.165, 1.54) is 5.57 Å². The predicted molar refractivity (Wildman–Crippen MR) is 132 cm³/mol. The third-order valence-electron chi connectivity index (χ3n) is 5.10. The van der Waals surface area contributed by atoms with Crippen molar-refractivity contribution in [3.05, 3.63) is 71.5 Å². The van der Waals surface area contributed by atoms with Crippen LogP contribution in [0, 0.1) is 6.92 Å². The number of ether oxygens (including phenoxy) is 2. The highest BCUT2D eigenvalue weighted by molar-refractivity contribution is 6.02. The van der Waals surface area contributed by atoms with Crippen LogP contribution < -0.4 is 10.1 Å². The molecule has 1 aromatic rings. The Morgan fingerprint density at radius 2 is 2.13 bits per heavy atom. The van der Waals surface area contributed by atoms with Gasteiger partial charge in [-0.25, -0.2) is 0 Å². The molecule has 0 amide bonds. The van der Waals surface area contributed by atoms with Gasteiger partial charge in [-0.05, 0) is 67.8 Å². The second-order valence-electron chi connectivity index (χ2n) is 7.38. The summed E-state index contributed by atoms with van der Waals surface area (Å²) in [6, 6.07) is 4.29. The zero-order chi connectivity index (χ0) is 22.6. The fourth-order valence-electron chi connectivity index (χ4n) is 3.13. The molecule has 0 spiro atoms. The van der Waals surface area contributed by atoms with Gasteiger partial charge in [-0.2, -0.15) is 0 Å². The first-order valence-corrected chi connectivity index (χ1v) is 10.7. The Morgan fingerprint density at radius 3 is 2.77 bits per heavy atom. The molecule has 0 saturated heterocycles. The predicted octanol–water partition coefficient (Wildman–Crippen LogP) is 5.27. The van der Waals surface area contributed by atoms with Gasteiger partial charge >= 0.3 is 0 Å². The van der Waals surface area contributed by atoms with Crippen LogP contribution in [0.15, 0.2) is 64.8 Å². The van der Waals surface area contributed by atoms with E-state index in [2.05, 4.69) is 55.0 Å². The summed E-state index contributed by atoms with van der Waals surface area (Å²) in [5.74, 6) is 1.65. The Hall–Kier alpha value is -2.92. The second-order valence-corrected chi connectivity index (χ2v) is 7.38. The van der Waals surface area contributed by atoms with E-state index in [1.807, 2.05) is 25.3 Å². The van der Waals surface area contributed by atoms with Gasteiger partial charge in [0, 0.05) is 23.9 Å². The number of aliphatic imine (C=N–C) groups is 2. The van der Waals surface area contributed by atoms with E-state index in [4.69, 9.17) is 14.5 Å². The number of allylic oxidation sites excluding steroid dienone is 2. The normalized spacial score (nSPS) is 15.5. The lowest BCUT2D eigenvalue weighted by Gasteiger charge is -2.19. The number of amidine groups is 1. The molecule has 1 heterocycles. The van der Waals surface area contributed by atoms with E-state index in [0.29, 0.717) is 13.2 Å². The number of nitrogens with zero attached hydrogens (tertiary/aromatic N) is 2. The van der Waals surface area contributed by atoms with Crippen LogP contribution >= 0.6 is 0 Å².